The normalized spacial score (nSPS) is 25.6. The largest absolute Gasteiger partial charge is 0.469 e. The van der Waals surface area contributed by atoms with Crippen LogP contribution in [0.3, 0.4) is 0 Å². The lowest BCUT2D eigenvalue weighted by atomic mass is 9.75. The highest BCUT2D eigenvalue weighted by Crippen LogP contribution is 2.34. The maximum Gasteiger partial charge on any atom is 0.308 e. The van der Waals surface area contributed by atoms with Crippen molar-refractivity contribution in [2.45, 2.75) is 52.5 Å². The number of carbonyl (C=O) groups excluding carboxylic acids is 2. The Kier molecular flexibility index (Phi) is 5.63. The number of amides is 1. The van der Waals surface area contributed by atoms with Crippen molar-refractivity contribution in [1.29, 1.82) is 0 Å². The molecule has 18 heavy (non-hydrogen) atoms. The van der Waals surface area contributed by atoms with Crippen LogP contribution in [0, 0.1) is 17.8 Å². The first-order valence-corrected chi connectivity index (χ1v) is 6.80. The SMILES string of the molecule is COC(=O)C1CCCC(C(NC(C)=O)C(C)C)C1. The Bertz CT molecular complexity index is 301. The molecule has 104 valence electrons. The molecule has 0 spiro atoms. The molecule has 0 aliphatic heterocycles. The van der Waals surface area contributed by atoms with Gasteiger partial charge in [-0.05, 0) is 31.1 Å². The van der Waals surface area contributed by atoms with Crippen LogP contribution in [0.25, 0.3) is 0 Å². The van der Waals surface area contributed by atoms with Gasteiger partial charge in [0.2, 0.25) is 5.91 Å². The highest BCUT2D eigenvalue weighted by Gasteiger charge is 2.33. The maximum absolute atomic E-state index is 11.6. The smallest absolute Gasteiger partial charge is 0.308 e. The number of carbonyl (C=O) groups is 2. The topological polar surface area (TPSA) is 55.4 Å². The number of methoxy groups -OCH3 is 1. The molecule has 1 saturated carbocycles. The van der Waals surface area contributed by atoms with Gasteiger partial charge < -0.3 is 10.1 Å². The molecule has 1 rings (SSSR count). The first-order chi connectivity index (χ1) is 8.45. The van der Waals surface area contributed by atoms with Crippen molar-refractivity contribution in [3.05, 3.63) is 0 Å². The summed E-state index contributed by atoms with van der Waals surface area (Å²) in [7, 11) is 1.44. The first-order valence-electron chi connectivity index (χ1n) is 6.80. The van der Waals surface area contributed by atoms with E-state index < -0.39 is 0 Å². The molecular formula is C14H25NO3. The molecule has 3 atom stereocenters. The van der Waals surface area contributed by atoms with Gasteiger partial charge in [0.05, 0.1) is 13.0 Å². The zero-order valence-corrected chi connectivity index (χ0v) is 11.9. The van der Waals surface area contributed by atoms with Gasteiger partial charge in [-0.3, -0.25) is 9.59 Å². The molecule has 3 unspecified atom stereocenters. The Morgan fingerprint density at radius 3 is 2.44 bits per heavy atom. The van der Waals surface area contributed by atoms with Crippen molar-refractivity contribution in [1.82, 2.24) is 5.32 Å². The molecule has 0 aromatic carbocycles. The van der Waals surface area contributed by atoms with Crippen molar-refractivity contribution in [2.75, 3.05) is 7.11 Å². The van der Waals surface area contributed by atoms with Gasteiger partial charge in [-0.2, -0.15) is 0 Å². The molecule has 0 bridgehead atoms. The van der Waals surface area contributed by atoms with E-state index in [1.54, 1.807) is 6.92 Å². The van der Waals surface area contributed by atoms with Crippen LogP contribution in [0.1, 0.15) is 46.5 Å². The van der Waals surface area contributed by atoms with E-state index in [0.29, 0.717) is 11.8 Å². The second kappa shape index (κ2) is 6.76. The number of esters is 1. The van der Waals surface area contributed by atoms with Crippen LogP contribution < -0.4 is 5.32 Å². The van der Waals surface area contributed by atoms with Crippen molar-refractivity contribution in [2.24, 2.45) is 17.8 Å². The van der Waals surface area contributed by atoms with Crippen LogP contribution >= 0.6 is 0 Å². The Labute approximate surface area is 109 Å². The Morgan fingerprint density at radius 1 is 1.28 bits per heavy atom. The molecule has 1 aliphatic rings. The lowest BCUT2D eigenvalue weighted by molar-refractivity contribution is -0.147. The molecule has 0 saturated heterocycles. The predicted molar refractivity (Wildman–Crippen MR) is 69.9 cm³/mol. The molecule has 0 aromatic rings. The van der Waals surface area contributed by atoms with E-state index >= 15 is 0 Å². The van der Waals surface area contributed by atoms with Gasteiger partial charge in [-0.25, -0.2) is 0 Å². The highest BCUT2D eigenvalue weighted by atomic mass is 16.5. The quantitative estimate of drug-likeness (QED) is 0.783. The van der Waals surface area contributed by atoms with Gasteiger partial charge in [-0.15, -0.1) is 0 Å². The van der Waals surface area contributed by atoms with E-state index in [0.717, 1.165) is 25.7 Å². The molecule has 4 heteroatoms. The van der Waals surface area contributed by atoms with E-state index in [9.17, 15) is 9.59 Å². The third-order valence-electron chi connectivity index (χ3n) is 3.85. The summed E-state index contributed by atoms with van der Waals surface area (Å²) in [6.07, 6.45) is 3.85. The van der Waals surface area contributed by atoms with Crippen molar-refractivity contribution >= 4 is 11.9 Å². The predicted octanol–water partition coefficient (Wildman–Crippen LogP) is 2.13. The lowest BCUT2D eigenvalue weighted by Gasteiger charge is -2.35. The fourth-order valence-corrected chi connectivity index (χ4v) is 3.00. The number of hydrogen-bond donors (Lipinski definition) is 1. The first kappa shape index (κ1) is 15.0. The summed E-state index contributed by atoms with van der Waals surface area (Å²) in [4.78, 5) is 22.9. The summed E-state index contributed by atoms with van der Waals surface area (Å²) in [6, 6.07) is 0.162. The van der Waals surface area contributed by atoms with Crippen LogP contribution in [0.2, 0.25) is 0 Å². The molecule has 1 aliphatic carbocycles. The van der Waals surface area contributed by atoms with Crippen molar-refractivity contribution in [3.63, 3.8) is 0 Å². The third kappa shape index (κ3) is 4.00. The average Bonchev–Trinajstić information content (AvgIpc) is 2.34. The highest BCUT2D eigenvalue weighted by molar-refractivity contribution is 5.73. The minimum Gasteiger partial charge on any atom is -0.469 e. The van der Waals surface area contributed by atoms with Crippen LogP contribution in [0.4, 0.5) is 0 Å². The minimum absolute atomic E-state index is 0.00348. The summed E-state index contributed by atoms with van der Waals surface area (Å²) in [6.45, 7) is 5.78. The van der Waals surface area contributed by atoms with Crippen LogP contribution in [-0.2, 0) is 14.3 Å². The van der Waals surface area contributed by atoms with Crippen LogP contribution in [0.15, 0.2) is 0 Å². The molecule has 0 heterocycles. The van der Waals surface area contributed by atoms with Crippen molar-refractivity contribution < 1.29 is 14.3 Å². The third-order valence-corrected chi connectivity index (χ3v) is 3.85. The van der Waals surface area contributed by atoms with Gasteiger partial charge in [0.1, 0.15) is 0 Å². The molecule has 1 N–H and O–H groups in total. The fourth-order valence-electron chi connectivity index (χ4n) is 3.00. The zero-order valence-electron chi connectivity index (χ0n) is 11.9. The standard InChI is InChI=1S/C14H25NO3/c1-9(2)13(15-10(3)16)11-6-5-7-12(8-11)14(17)18-4/h9,11-13H,5-8H2,1-4H3,(H,15,16). The van der Waals surface area contributed by atoms with Crippen molar-refractivity contribution in [3.8, 4) is 0 Å². The van der Waals surface area contributed by atoms with E-state index in [-0.39, 0.29) is 23.8 Å². The summed E-state index contributed by atoms with van der Waals surface area (Å²) >= 11 is 0. The maximum atomic E-state index is 11.6. The monoisotopic (exact) mass is 255 g/mol. The lowest BCUT2D eigenvalue weighted by Crippen LogP contribution is -2.45. The molecule has 1 fully saturated rings. The van der Waals surface area contributed by atoms with Gasteiger partial charge >= 0.3 is 5.97 Å². The summed E-state index contributed by atoms with van der Waals surface area (Å²) in [5, 5.41) is 3.04. The fraction of sp³-hybridized carbons (Fsp3) is 0.857. The van der Waals surface area contributed by atoms with E-state index in [1.807, 2.05) is 0 Å². The molecular weight excluding hydrogens is 230 g/mol. The molecule has 1 amide bonds. The minimum atomic E-state index is -0.106. The number of hydrogen-bond acceptors (Lipinski definition) is 3. The number of nitrogens with one attached hydrogen (secondary N) is 1. The van der Waals surface area contributed by atoms with Gasteiger partial charge in [-0.1, -0.05) is 20.3 Å². The van der Waals surface area contributed by atoms with Gasteiger partial charge in [0, 0.05) is 13.0 Å². The Morgan fingerprint density at radius 2 is 1.94 bits per heavy atom. The van der Waals surface area contributed by atoms with E-state index in [1.165, 1.54) is 7.11 Å². The average molecular weight is 255 g/mol. The number of ether oxygens (including phenoxy) is 1. The summed E-state index contributed by atoms with van der Waals surface area (Å²) in [5.41, 5.74) is 0. The Hall–Kier alpha value is -1.06. The summed E-state index contributed by atoms with van der Waals surface area (Å²) in [5.74, 6) is 0.671. The van der Waals surface area contributed by atoms with Crippen LogP contribution in [-0.4, -0.2) is 25.0 Å². The van der Waals surface area contributed by atoms with Crippen LogP contribution in [0.5, 0.6) is 0 Å². The second-order valence-corrected chi connectivity index (χ2v) is 5.62. The summed E-state index contributed by atoms with van der Waals surface area (Å²) < 4.78 is 4.83. The number of rotatable bonds is 4. The molecule has 4 nitrogen and oxygen atoms in total. The zero-order chi connectivity index (χ0) is 13.7. The second-order valence-electron chi connectivity index (χ2n) is 5.62. The van der Waals surface area contributed by atoms with E-state index in [4.69, 9.17) is 4.74 Å². The molecule has 0 aromatic heterocycles. The Balaban J connectivity index is 2.67. The molecule has 0 radical (unpaired) electrons. The van der Waals surface area contributed by atoms with Gasteiger partial charge in [0.25, 0.3) is 0 Å². The van der Waals surface area contributed by atoms with E-state index in [2.05, 4.69) is 19.2 Å². The van der Waals surface area contributed by atoms with Gasteiger partial charge in [0.15, 0.2) is 0 Å².